The molecule has 8 heteroatoms. The number of methoxy groups -OCH3 is 1. The Morgan fingerprint density at radius 2 is 1.69 bits per heavy atom. The zero-order valence-electron chi connectivity index (χ0n) is 18.4. The highest BCUT2D eigenvalue weighted by molar-refractivity contribution is 5.85. The molecule has 0 spiro atoms. The second kappa shape index (κ2) is 8.58. The first-order chi connectivity index (χ1) is 15.3. The highest BCUT2D eigenvalue weighted by Gasteiger charge is 2.16. The maximum absolute atomic E-state index is 12.0. The molecule has 0 aliphatic heterocycles. The highest BCUT2D eigenvalue weighted by Crippen LogP contribution is 2.25. The van der Waals surface area contributed by atoms with Crippen LogP contribution in [0.4, 0.5) is 22.1 Å². The molecule has 0 aliphatic carbocycles. The number of fused-ring (bicyclic) bond motifs is 1. The van der Waals surface area contributed by atoms with Gasteiger partial charge in [0.2, 0.25) is 5.95 Å². The first kappa shape index (κ1) is 21.2. The Bertz CT molecular complexity index is 1240. The van der Waals surface area contributed by atoms with E-state index in [1.807, 2.05) is 75.4 Å². The summed E-state index contributed by atoms with van der Waals surface area (Å²) in [6.07, 6.45) is -0.510. The van der Waals surface area contributed by atoms with Crippen molar-refractivity contribution in [3.63, 3.8) is 0 Å². The molecule has 2 heterocycles. The van der Waals surface area contributed by atoms with E-state index in [1.54, 1.807) is 23.8 Å². The minimum atomic E-state index is -0.567. The number of amides is 1. The number of carbonyl (C=O) groups excluding carboxylic acids is 1. The van der Waals surface area contributed by atoms with Gasteiger partial charge >= 0.3 is 6.09 Å². The molecule has 0 bridgehead atoms. The van der Waals surface area contributed by atoms with Crippen molar-refractivity contribution in [3.8, 4) is 17.0 Å². The van der Waals surface area contributed by atoms with Crippen LogP contribution in [0.1, 0.15) is 20.8 Å². The topological polar surface area (TPSA) is 89.8 Å². The van der Waals surface area contributed by atoms with Crippen LogP contribution in [-0.2, 0) is 4.74 Å². The Labute approximate surface area is 186 Å². The summed E-state index contributed by atoms with van der Waals surface area (Å²) >= 11 is 0. The predicted molar refractivity (Wildman–Crippen MR) is 125 cm³/mol. The van der Waals surface area contributed by atoms with Crippen LogP contribution in [0.3, 0.4) is 0 Å². The van der Waals surface area contributed by atoms with Crippen LogP contribution in [0, 0.1) is 0 Å². The minimum Gasteiger partial charge on any atom is -0.497 e. The predicted octanol–water partition coefficient (Wildman–Crippen LogP) is 5.50. The summed E-state index contributed by atoms with van der Waals surface area (Å²) < 4.78 is 12.3. The van der Waals surface area contributed by atoms with Crippen LogP contribution < -0.4 is 15.4 Å². The lowest BCUT2D eigenvalue weighted by molar-refractivity contribution is 0.0636. The minimum absolute atomic E-state index is 0.445. The third-order valence-corrected chi connectivity index (χ3v) is 4.51. The van der Waals surface area contributed by atoms with E-state index in [2.05, 4.69) is 20.7 Å². The summed E-state index contributed by atoms with van der Waals surface area (Å²) in [5, 5.41) is 10.5. The monoisotopic (exact) mass is 431 g/mol. The van der Waals surface area contributed by atoms with Gasteiger partial charge in [0.1, 0.15) is 11.4 Å². The van der Waals surface area contributed by atoms with Gasteiger partial charge in [-0.15, -0.1) is 5.10 Å². The summed E-state index contributed by atoms with van der Waals surface area (Å²) in [6.45, 7) is 5.46. The van der Waals surface area contributed by atoms with E-state index in [0.717, 1.165) is 22.7 Å². The number of ether oxygens (including phenoxy) is 2. The number of anilines is 3. The molecule has 0 aliphatic rings. The normalized spacial score (nSPS) is 11.2. The van der Waals surface area contributed by atoms with Gasteiger partial charge in [-0.2, -0.15) is 4.98 Å². The van der Waals surface area contributed by atoms with E-state index < -0.39 is 11.7 Å². The zero-order valence-corrected chi connectivity index (χ0v) is 18.4. The van der Waals surface area contributed by atoms with Crippen molar-refractivity contribution >= 4 is 29.1 Å². The van der Waals surface area contributed by atoms with E-state index in [0.29, 0.717) is 17.3 Å². The van der Waals surface area contributed by atoms with Gasteiger partial charge in [-0.05, 0) is 75.4 Å². The highest BCUT2D eigenvalue weighted by atomic mass is 16.6. The van der Waals surface area contributed by atoms with Crippen molar-refractivity contribution in [2.75, 3.05) is 17.7 Å². The number of nitrogens with one attached hydrogen (secondary N) is 2. The maximum Gasteiger partial charge on any atom is 0.412 e. The molecule has 1 amide bonds. The largest absolute Gasteiger partial charge is 0.497 e. The second-order valence-corrected chi connectivity index (χ2v) is 8.18. The third-order valence-electron chi connectivity index (χ3n) is 4.51. The van der Waals surface area contributed by atoms with Gasteiger partial charge in [0.25, 0.3) is 0 Å². The Morgan fingerprint density at radius 3 is 2.41 bits per heavy atom. The molecule has 2 aromatic carbocycles. The average Bonchev–Trinajstić information content (AvgIpc) is 3.15. The summed E-state index contributed by atoms with van der Waals surface area (Å²) in [7, 11) is 1.64. The lowest BCUT2D eigenvalue weighted by Gasteiger charge is -2.19. The Balaban J connectivity index is 1.56. The molecular weight excluding hydrogens is 406 g/mol. The van der Waals surface area contributed by atoms with Crippen LogP contribution in [0.5, 0.6) is 5.75 Å². The van der Waals surface area contributed by atoms with Crippen LogP contribution in [-0.4, -0.2) is 33.4 Å². The van der Waals surface area contributed by atoms with Crippen molar-refractivity contribution in [3.05, 3.63) is 66.7 Å². The van der Waals surface area contributed by atoms with E-state index in [9.17, 15) is 4.79 Å². The number of carbonyl (C=O) groups is 1. The van der Waals surface area contributed by atoms with Gasteiger partial charge in [-0.1, -0.05) is 12.1 Å². The van der Waals surface area contributed by atoms with E-state index in [4.69, 9.17) is 9.47 Å². The van der Waals surface area contributed by atoms with Gasteiger partial charge in [-0.25, -0.2) is 9.31 Å². The lowest BCUT2D eigenvalue weighted by atomic mass is 10.1. The van der Waals surface area contributed by atoms with E-state index >= 15 is 0 Å². The van der Waals surface area contributed by atoms with Crippen molar-refractivity contribution in [1.82, 2.24) is 14.6 Å². The number of rotatable bonds is 5. The Morgan fingerprint density at radius 1 is 0.969 bits per heavy atom. The van der Waals surface area contributed by atoms with Gasteiger partial charge in [-0.3, -0.25) is 5.32 Å². The summed E-state index contributed by atoms with van der Waals surface area (Å²) in [5.74, 6) is 1.24. The molecule has 4 rings (SSSR count). The smallest absolute Gasteiger partial charge is 0.412 e. The van der Waals surface area contributed by atoms with Crippen LogP contribution in [0.2, 0.25) is 0 Å². The van der Waals surface area contributed by atoms with Crippen LogP contribution in [0.15, 0.2) is 66.7 Å². The summed E-state index contributed by atoms with van der Waals surface area (Å²) in [6, 6.07) is 20.9. The van der Waals surface area contributed by atoms with Gasteiger partial charge in [0.15, 0.2) is 5.65 Å². The fraction of sp³-hybridized carbons (Fsp3) is 0.208. The zero-order chi connectivity index (χ0) is 22.7. The molecule has 0 saturated carbocycles. The molecule has 32 heavy (non-hydrogen) atoms. The Hall–Kier alpha value is -4.07. The van der Waals surface area contributed by atoms with Crippen molar-refractivity contribution < 1.29 is 14.3 Å². The quantitative estimate of drug-likeness (QED) is 0.434. The maximum atomic E-state index is 12.0. The molecular formula is C24H25N5O3. The lowest BCUT2D eigenvalue weighted by Crippen LogP contribution is -2.27. The molecule has 0 saturated heterocycles. The Kier molecular flexibility index (Phi) is 5.68. The number of pyridine rings is 1. The fourth-order valence-electron chi connectivity index (χ4n) is 3.16. The van der Waals surface area contributed by atoms with Crippen LogP contribution >= 0.6 is 0 Å². The SMILES string of the molecule is COc1ccc(-c2cccc3nc(Nc4cccc(NC(=O)OC(C)(C)C)c4)nn23)cc1. The van der Waals surface area contributed by atoms with E-state index in [-0.39, 0.29) is 0 Å². The molecule has 164 valence electrons. The molecule has 0 fully saturated rings. The van der Waals surface area contributed by atoms with Crippen LogP contribution in [0.25, 0.3) is 16.9 Å². The number of hydrogen-bond donors (Lipinski definition) is 2. The average molecular weight is 431 g/mol. The van der Waals surface area contributed by atoms with Gasteiger partial charge < -0.3 is 14.8 Å². The molecule has 2 N–H and O–H groups in total. The standard InChI is InChI=1S/C24H25N5O3/c1-24(2,3)32-23(30)26-18-8-5-7-17(15-18)25-22-27-21-10-6-9-20(29(21)28-22)16-11-13-19(31-4)14-12-16/h5-15H,1-4H3,(H,25,28)(H,26,30). The second-order valence-electron chi connectivity index (χ2n) is 8.18. The summed E-state index contributed by atoms with van der Waals surface area (Å²) in [5.41, 5.74) is 3.39. The van der Waals surface area contributed by atoms with Gasteiger partial charge in [0.05, 0.1) is 12.8 Å². The van der Waals surface area contributed by atoms with E-state index in [1.165, 1.54) is 0 Å². The third kappa shape index (κ3) is 4.97. The van der Waals surface area contributed by atoms with Crippen molar-refractivity contribution in [1.29, 1.82) is 0 Å². The molecule has 4 aromatic rings. The molecule has 0 atom stereocenters. The van der Waals surface area contributed by atoms with Crippen molar-refractivity contribution in [2.24, 2.45) is 0 Å². The number of nitrogens with zero attached hydrogens (tertiary/aromatic N) is 3. The number of aromatic nitrogens is 3. The van der Waals surface area contributed by atoms with Crippen molar-refractivity contribution in [2.45, 2.75) is 26.4 Å². The molecule has 0 unspecified atom stereocenters. The number of benzene rings is 2. The fourth-order valence-corrected chi connectivity index (χ4v) is 3.16. The first-order valence-corrected chi connectivity index (χ1v) is 10.2. The molecule has 2 aromatic heterocycles. The number of hydrogen-bond acceptors (Lipinski definition) is 6. The summed E-state index contributed by atoms with van der Waals surface area (Å²) in [4.78, 5) is 16.6. The van der Waals surface area contributed by atoms with Gasteiger partial charge in [0, 0.05) is 16.9 Å². The molecule has 0 radical (unpaired) electrons. The first-order valence-electron chi connectivity index (χ1n) is 10.2. The molecule has 8 nitrogen and oxygen atoms in total.